The number of aromatic nitrogens is 2. The highest BCUT2D eigenvalue weighted by atomic mass is 35.5. The first kappa shape index (κ1) is 17.2. The summed E-state index contributed by atoms with van der Waals surface area (Å²) >= 11 is 6.00. The Labute approximate surface area is 146 Å². The maximum absolute atomic E-state index is 13.1. The van der Waals surface area contributed by atoms with Crippen LogP contribution in [-0.4, -0.2) is 9.55 Å². The van der Waals surface area contributed by atoms with E-state index in [4.69, 9.17) is 11.6 Å². The van der Waals surface area contributed by atoms with Gasteiger partial charge in [0.15, 0.2) is 5.43 Å². The third kappa shape index (κ3) is 3.74. The molecule has 0 spiro atoms. The van der Waals surface area contributed by atoms with Gasteiger partial charge in [-0.05, 0) is 18.2 Å². The number of halogens is 4. The zero-order valence-corrected chi connectivity index (χ0v) is 13.6. The van der Waals surface area contributed by atoms with Gasteiger partial charge in [-0.1, -0.05) is 29.8 Å². The maximum atomic E-state index is 13.1. The van der Waals surface area contributed by atoms with Crippen molar-refractivity contribution in [1.82, 2.24) is 9.55 Å². The summed E-state index contributed by atoms with van der Waals surface area (Å²) in [4.78, 5) is 16.0. The number of rotatable bonds is 3. The average molecular weight is 365 g/mol. The number of benzene rings is 1. The first-order chi connectivity index (χ1) is 11.9. The Kier molecular flexibility index (Phi) is 4.63. The fraction of sp³-hybridized carbons (Fsp3) is 0.111. The third-order valence-electron chi connectivity index (χ3n) is 3.65. The molecule has 0 N–H and O–H groups in total. The predicted octanol–water partition coefficient (Wildman–Crippen LogP) is 4.63. The van der Waals surface area contributed by atoms with E-state index in [1.165, 1.54) is 30.5 Å². The van der Waals surface area contributed by atoms with Crippen molar-refractivity contribution >= 4 is 11.6 Å². The summed E-state index contributed by atoms with van der Waals surface area (Å²) in [5.41, 5.74) is -0.108. The first-order valence-electron chi connectivity index (χ1n) is 7.33. The van der Waals surface area contributed by atoms with E-state index >= 15 is 0 Å². The molecule has 0 amide bonds. The second kappa shape index (κ2) is 6.72. The molecule has 3 rings (SSSR count). The van der Waals surface area contributed by atoms with Gasteiger partial charge in [0.05, 0.1) is 28.5 Å². The molecule has 25 heavy (non-hydrogen) atoms. The van der Waals surface area contributed by atoms with Gasteiger partial charge < -0.3 is 4.57 Å². The number of hydrogen-bond donors (Lipinski definition) is 0. The highest BCUT2D eigenvalue weighted by Gasteiger charge is 2.34. The first-order valence-corrected chi connectivity index (χ1v) is 7.70. The summed E-state index contributed by atoms with van der Waals surface area (Å²) in [5.74, 6) is 0. The molecule has 0 radical (unpaired) electrons. The van der Waals surface area contributed by atoms with E-state index in [-0.39, 0.29) is 11.0 Å². The molecule has 0 aliphatic carbocycles. The van der Waals surface area contributed by atoms with Crippen molar-refractivity contribution in [3.05, 3.63) is 87.4 Å². The van der Waals surface area contributed by atoms with Crippen LogP contribution in [0, 0.1) is 0 Å². The molecular formula is C18H12ClF3N2O. The Morgan fingerprint density at radius 1 is 1.08 bits per heavy atom. The van der Waals surface area contributed by atoms with Gasteiger partial charge in [0.1, 0.15) is 0 Å². The lowest BCUT2D eigenvalue weighted by Crippen LogP contribution is -2.12. The summed E-state index contributed by atoms with van der Waals surface area (Å²) in [5, 5.41) is -0.435. The van der Waals surface area contributed by atoms with Crippen LogP contribution in [0.4, 0.5) is 13.2 Å². The van der Waals surface area contributed by atoms with Crippen molar-refractivity contribution in [2.24, 2.45) is 0 Å². The zero-order valence-electron chi connectivity index (χ0n) is 12.8. The van der Waals surface area contributed by atoms with E-state index in [9.17, 15) is 18.0 Å². The van der Waals surface area contributed by atoms with Crippen LogP contribution in [0.25, 0.3) is 11.3 Å². The van der Waals surface area contributed by atoms with Crippen molar-refractivity contribution < 1.29 is 13.2 Å². The van der Waals surface area contributed by atoms with E-state index in [0.717, 1.165) is 6.07 Å². The van der Waals surface area contributed by atoms with Crippen molar-refractivity contribution in [2.75, 3.05) is 0 Å². The summed E-state index contributed by atoms with van der Waals surface area (Å²) in [6.07, 6.45) is -1.44. The topological polar surface area (TPSA) is 34.9 Å². The summed E-state index contributed by atoms with van der Waals surface area (Å²) in [7, 11) is 0. The highest BCUT2D eigenvalue weighted by Crippen LogP contribution is 2.39. The molecule has 0 bridgehead atoms. The lowest BCUT2D eigenvalue weighted by molar-refractivity contribution is -0.137. The van der Waals surface area contributed by atoms with Gasteiger partial charge >= 0.3 is 6.18 Å². The zero-order chi connectivity index (χ0) is 18.0. The Hall–Kier alpha value is -2.60. The van der Waals surface area contributed by atoms with Gasteiger partial charge in [-0.3, -0.25) is 9.78 Å². The van der Waals surface area contributed by atoms with Crippen LogP contribution in [0.5, 0.6) is 0 Å². The Bertz CT molecular complexity index is 953. The van der Waals surface area contributed by atoms with Crippen LogP contribution < -0.4 is 5.43 Å². The second-order valence-corrected chi connectivity index (χ2v) is 5.74. The largest absolute Gasteiger partial charge is 0.417 e. The highest BCUT2D eigenvalue weighted by molar-refractivity contribution is 6.34. The number of alkyl halides is 3. The number of pyridine rings is 2. The van der Waals surface area contributed by atoms with E-state index in [1.807, 2.05) is 6.07 Å². The minimum absolute atomic E-state index is 0.144. The van der Waals surface area contributed by atoms with Gasteiger partial charge in [-0.25, -0.2) is 0 Å². The molecule has 3 aromatic rings. The normalized spacial score (nSPS) is 11.5. The average Bonchev–Trinajstić information content (AvgIpc) is 2.57. The van der Waals surface area contributed by atoms with E-state index in [2.05, 4.69) is 4.98 Å². The lowest BCUT2D eigenvalue weighted by atomic mass is 10.1. The summed E-state index contributed by atoms with van der Waals surface area (Å²) < 4.78 is 41.0. The molecule has 3 nitrogen and oxygen atoms in total. The molecule has 0 aliphatic rings. The molecular weight excluding hydrogens is 353 g/mol. The fourth-order valence-electron chi connectivity index (χ4n) is 2.49. The molecule has 0 saturated heterocycles. The molecule has 0 aliphatic heterocycles. The molecule has 7 heteroatoms. The Balaban J connectivity index is 2.15. The molecule has 128 valence electrons. The second-order valence-electron chi connectivity index (χ2n) is 5.36. The maximum Gasteiger partial charge on any atom is 0.417 e. The monoisotopic (exact) mass is 364 g/mol. The Morgan fingerprint density at radius 3 is 2.56 bits per heavy atom. The summed E-state index contributed by atoms with van der Waals surface area (Å²) in [6.45, 7) is 0.295. The van der Waals surface area contributed by atoms with Crippen LogP contribution in [0.3, 0.4) is 0 Å². The SMILES string of the molecule is O=c1ccn(Cc2ccccn2)c(-c2cccc(C(F)(F)F)c2Cl)c1. The molecule has 0 unspecified atom stereocenters. The van der Waals surface area contributed by atoms with Crippen molar-refractivity contribution in [3.8, 4) is 11.3 Å². The van der Waals surface area contributed by atoms with Crippen LogP contribution >= 0.6 is 11.6 Å². The lowest BCUT2D eigenvalue weighted by Gasteiger charge is -2.17. The van der Waals surface area contributed by atoms with Gasteiger partial charge in [-0.15, -0.1) is 0 Å². The van der Waals surface area contributed by atoms with Crippen LogP contribution in [0.2, 0.25) is 5.02 Å². The van der Waals surface area contributed by atoms with E-state index < -0.39 is 16.8 Å². The van der Waals surface area contributed by atoms with Crippen LogP contribution in [0.1, 0.15) is 11.3 Å². The number of hydrogen-bond acceptors (Lipinski definition) is 2. The fourth-order valence-corrected chi connectivity index (χ4v) is 2.82. The van der Waals surface area contributed by atoms with Crippen LogP contribution in [0.15, 0.2) is 65.7 Å². The molecule has 0 atom stereocenters. The molecule has 2 heterocycles. The molecule has 0 saturated carbocycles. The van der Waals surface area contributed by atoms with Crippen LogP contribution in [-0.2, 0) is 12.7 Å². The van der Waals surface area contributed by atoms with Crippen molar-refractivity contribution in [2.45, 2.75) is 12.7 Å². The summed E-state index contributed by atoms with van der Waals surface area (Å²) in [6, 6.07) is 11.6. The van der Waals surface area contributed by atoms with Crippen molar-refractivity contribution in [3.63, 3.8) is 0 Å². The Morgan fingerprint density at radius 2 is 1.88 bits per heavy atom. The predicted molar refractivity (Wildman–Crippen MR) is 89.5 cm³/mol. The van der Waals surface area contributed by atoms with Gasteiger partial charge in [0, 0.05) is 30.1 Å². The smallest absolute Gasteiger partial charge is 0.341 e. The molecule has 2 aromatic heterocycles. The quantitative estimate of drug-likeness (QED) is 0.679. The number of nitrogens with zero attached hydrogens (tertiary/aromatic N) is 2. The van der Waals surface area contributed by atoms with Crippen molar-refractivity contribution in [1.29, 1.82) is 0 Å². The standard InChI is InChI=1S/C18H12ClF3N2O/c19-17-14(5-3-6-15(17)18(20,21)22)16-10-13(25)7-9-24(16)11-12-4-1-2-8-23-12/h1-10H,11H2. The van der Waals surface area contributed by atoms with Gasteiger partial charge in [-0.2, -0.15) is 13.2 Å². The minimum atomic E-state index is -4.58. The van der Waals surface area contributed by atoms with E-state index in [1.54, 1.807) is 22.9 Å². The van der Waals surface area contributed by atoms with Gasteiger partial charge in [0.2, 0.25) is 0 Å². The molecule has 0 fully saturated rings. The minimum Gasteiger partial charge on any atom is -0.341 e. The third-order valence-corrected chi connectivity index (χ3v) is 4.05. The molecule has 1 aromatic carbocycles. The van der Waals surface area contributed by atoms with E-state index in [0.29, 0.717) is 17.9 Å². The van der Waals surface area contributed by atoms with Gasteiger partial charge in [0.25, 0.3) is 0 Å².